The van der Waals surface area contributed by atoms with Crippen molar-refractivity contribution in [3.05, 3.63) is 24.3 Å². The third-order valence-corrected chi connectivity index (χ3v) is 1.11. The van der Waals surface area contributed by atoms with E-state index in [1.165, 1.54) is 11.1 Å². The summed E-state index contributed by atoms with van der Waals surface area (Å²) in [6.45, 7) is 2.65. The standard InChI is InChI=1S/C6H4.C2H7N/c1-2-5-4-6(5)3-1;1-2-3/h1-4H;2-3H2,1H3. The summed E-state index contributed by atoms with van der Waals surface area (Å²) >= 11 is 0. The molecule has 0 heterocycles. The van der Waals surface area contributed by atoms with Crippen LogP contribution in [0.2, 0.25) is 0 Å². The van der Waals surface area contributed by atoms with Crippen LogP contribution in [0.3, 0.4) is 0 Å². The molecule has 0 amide bonds. The summed E-state index contributed by atoms with van der Waals surface area (Å²) < 4.78 is 0. The van der Waals surface area contributed by atoms with Gasteiger partial charge in [-0.05, 0) is 23.7 Å². The first-order valence-electron chi connectivity index (χ1n) is 3.19. The first-order valence-corrected chi connectivity index (χ1v) is 3.19. The Hall–Kier alpha value is -0.820. The van der Waals surface area contributed by atoms with E-state index >= 15 is 0 Å². The summed E-state index contributed by atoms with van der Waals surface area (Å²) in [7, 11) is 0. The fourth-order valence-electron chi connectivity index (χ4n) is 0.676. The molecule has 2 aliphatic rings. The van der Waals surface area contributed by atoms with E-state index in [1.807, 2.05) is 6.92 Å². The van der Waals surface area contributed by atoms with E-state index in [2.05, 4.69) is 24.3 Å². The van der Waals surface area contributed by atoms with Gasteiger partial charge in [0.2, 0.25) is 0 Å². The Labute approximate surface area is 55.5 Å². The van der Waals surface area contributed by atoms with Crippen molar-refractivity contribution in [3.63, 3.8) is 0 Å². The molecule has 0 aliphatic heterocycles. The molecule has 0 saturated heterocycles. The second-order valence-electron chi connectivity index (χ2n) is 1.99. The van der Waals surface area contributed by atoms with Crippen LogP contribution in [-0.4, -0.2) is 6.54 Å². The lowest BCUT2D eigenvalue weighted by atomic mass is 10.6. The lowest BCUT2D eigenvalue weighted by Crippen LogP contribution is -1.87. The number of hydrogen-bond acceptors (Lipinski definition) is 1. The van der Waals surface area contributed by atoms with E-state index in [4.69, 9.17) is 5.73 Å². The fourth-order valence-corrected chi connectivity index (χ4v) is 0.676. The van der Waals surface area contributed by atoms with E-state index in [1.54, 1.807) is 0 Å². The van der Waals surface area contributed by atoms with Crippen molar-refractivity contribution in [2.24, 2.45) is 5.73 Å². The first kappa shape index (κ1) is 6.30. The molecule has 0 radical (unpaired) electrons. The zero-order valence-corrected chi connectivity index (χ0v) is 5.59. The summed E-state index contributed by atoms with van der Waals surface area (Å²) in [6, 6.07) is 8.48. The molecule has 2 rings (SSSR count). The minimum atomic E-state index is 0.750. The Bertz CT molecular complexity index is 176. The lowest BCUT2D eigenvalue weighted by molar-refractivity contribution is 1.14. The predicted octanol–water partition coefficient (Wildman–Crippen LogP) is 1.63. The quantitative estimate of drug-likeness (QED) is 0.563. The average molecular weight is 121 g/mol. The second kappa shape index (κ2) is 2.65. The van der Waals surface area contributed by atoms with Crippen molar-refractivity contribution in [1.29, 1.82) is 0 Å². The van der Waals surface area contributed by atoms with Crippen molar-refractivity contribution in [3.8, 4) is 11.1 Å². The van der Waals surface area contributed by atoms with Gasteiger partial charge in [0.05, 0.1) is 0 Å². The van der Waals surface area contributed by atoms with Crippen LogP contribution < -0.4 is 5.73 Å². The number of nitrogens with two attached hydrogens (primary N) is 1. The zero-order valence-electron chi connectivity index (χ0n) is 5.59. The van der Waals surface area contributed by atoms with Crippen LogP contribution in [0.4, 0.5) is 0 Å². The Morgan fingerprint density at radius 3 is 1.89 bits per heavy atom. The molecule has 0 atom stereocenters. The molecular formula is C8H11N. The summed E-state index contributed by atoms with van der Waals surface area (Å²) in [5, 5.41) is 0. The highest BCUT2D eigenvalue weighted by Crippen LogP contribution is 2.32. The molecule has 0 saturated carbocycles. The van der Waals surface area contributed by atoms with Crippen molar-refractivity contribution in [2.75, 3.05) is 6.54 Å². The van der Waals surface area contributed by atoms with Crippen molar-refractivity contribution in [2.45, 2.75) is 6.92 Å². The molecule has 48 valence electrons. The monoisotopic (exact) mass is 121 g/mol. The largest absolute Gasteiger partial charge is 0.331 e. The van der Waals surface area contributed by atoms with Crippen molar-refractivity contribution < 1.29 is 0 Å². The highest BCUT2D eigenvalue weighted by Gasteiger charge is 2.06. The van der Waals surface area contributed by atoms with E-state index in [-0.39, 0.29) is 0 Å². The molecule has 0 aromatic carbocycles. The van der Waals surface area contributed by atoms with E-state index in [0.717, 1.165) is 6.54 Å². The van der Waals surface area contributed by atoms with Gasteiger partial charge >= 0.3 is 0 Å². The van der Waals surface area contributed by atoms with Crippen LogP contribution >= 0.6 is 0 Å². The Morgan fingerprint density at radius 1 is 1.33 bits per heavy atom. The summed E-state index contributed by atoms with van der Waals surface area (Å²) in [4.78, 5) is 0. The van der Waals surface area contributed by atoms with E-state index in [0.29, 0.717) is 0 Å². The van der Waals surface area contributed by atoms with Crippen LogP contribution in [0, 0.1) is 0 Å². The minimum Gasteiger partial charge on any atom is -0.331 e. The first-order chi connectivity index (χ1) is 4.38. The molecule has 1 nitrogen and oxygen atoms in total. The van der Waals surface area contributed by atoms with Crippen molar-refractivity contribution in [1.82, 2.24) is 0 Å². The lowest BCUT2D eigenvalue weighted by Gasteiger charge is -1.53. The van der Waals surface area contributed by atoms with Gasteiger partial charge in [-0.3, -0.25) is 0 Å². The van der Waals surface area contributed by atoms with Gasteiger partial charge < -0.3 is 5.73 Å². The Kier molecular flexibility index (Phi) is 1.85. The van der Waals surface area contributed by atoms with Crippen LogP contribution in [0.25, 0.3) is 11.1 Å². The smallest absolute Gasteiger partial charge is 0.0106 e. The fraction of sp³-hybridized carbons (Fsp3) is 0.250. The summed E-state index contributed by atoms with van der Waals surface area (Å²) in [5.41, 5.74) is 7.70. The highest BCUT2D eigenvalue weighted by molar-refractivity contribution is 5.80. The molecule has 0 bridgehead atoms. The SMILES string of the molecule is CCN.c1cc2cc-2c1. The molecule has 9 heavy (non-hydrogen) atoms. The van der Waals surface area contributed by atoms with Gasteiger partial charge in [-0.25, -0.2) is 0 Å². The molecule has 1 heteroatoms. The molecule has 2 aliphatic carbocycles. The molecule has 0 fully saturated rings. The van der Waals surface area contributed by atoms with Gasteiger partial charge in [-0.2, -0.15) is 0 Å². The number of fused-ring (bicyclic) bond motifs is 1. The average Bonchev–Trinajstić information content (AvgIpc) is 2.43. The van der Waals surface area contributed by atoms with Gasteiger partial charge in [0, 0.05) is 0 Å². The maximum atomic E-state index is 4.85. The Morgan fingerprint density at radius 2 is 1.78 bits per heavy atom. The van der Waals surface area contributed by atoms with Gasteiger partial charge in [-0.15, -0.1) is 0 Å². The molecule has 0 spiro atoms. The van der Waals surface area contributed by atoms with Gasteiger partial charge in [0.1, 0.15) is 0 Å². The van der Waals surface area contributed by atoms with Gasteiger partial charge in [0.25, 0.3) is 0 Å². The van der Waals surface area contributed by atoms with Gasteiger partial charge in [0.15, 0.2) is 0 Å². The van der Waals surface area contributed by atoms with Gasteiger partial charge in [-0.1, -0.05) is 25.1 Å². The topological polar surface area (TPSA) is 26.0 Å². The minimum absolute atomic E-state index is 0.750. The molecule has 0 aromatic heterocycles. The zero-order chi connectivity index (χ0) is 6.69. The Balaban J connectivity index is 0.000000120. The van der Waals surface area contributed by atoms with E-state index in [9.17, 15) is 0 Å². The summed E-state index contributed by atoms with van der Waals surface area (Å²) in [6.07, 6.45) is 0. The molecule has 0 unspecified atom stereocenters. The highest BCUT2D eigenvalue weighted by atomic mass is 14.5. The predicted molar refractivity (Wildman–Crippen MR) is 40.2 cm³/mol. The van der Waals surface area contributed by atoms with Crippen LogP contribution in [0.5, 0.6) is 0 Å². The molecule has 2 N–H and O–H groups in total. The van der Waals surface area contributed by atoms with Crippen LogP contribution in [-0.2, 0) is 0 Å². The normalized spacial score (nSPS) is 9.56. The van der Waals surface area contributed by atoms with Crippen LogP contribution in [0.1, 0.15) is 6.92 Å². The molecular weight excluding hydrogens is 110 g/mol. The number of hydrogen-bond donors (Lipinski definition) is 1. The third kappa shape index (κ3) is 1.54. The van der Waals surface area contributed by atoms with Crippen LogP contribution in [0.15, 0.2) is 24.3 Å². The maximum Gasteiger partial charge on any atom is -0.0106 e. The number of benzene rings is 1. The van der Waals surface area contributed by atoms with Crippen molar-refractivity contribution >= 4 is 0 Å². The molecule has 0 aromatic rings. The third-order valence-electron chi connectivity index (χ3n) is 1.11. The second-order valence-corrected chi connectivity index (χ2v) is 1.99. The summed E-state index contributed by atoms with van der Waals surface area (Å²) in [5.74, 6) is 0. The maximum absolute atomic E-state index is 4.85. The number of rotatable bonds is 0. The van der Waals surface area contributed by atoms with E-state index < -0.39 is 0 Å².